The molecule has 0 saturated carbocycles. The van der Waals surface area contributed by atoms with E-state index in [0.717, 1.165) is 23.2 Å². The molecule has 7 nitrogen and oxygen atoms in total. The number of hydrazone groups is 1. The molecule has 2 rings (SSSR count). The summed E-state index contributed by atoms with van der Waals surface area (Å²) in [4.78, 5) is 25.7. The van der Waals surface area contributed by atoms with Crippen LogP contribution >= 0.6 is 15.9 Å². The highest BCUT2D eigenvalue weighted by Crippen LogP contribution is 2.23. The van der Waals surface area contributed by atoms with E-state index in [1.165, 1.54) is 6.21 Å². The van der Waals surface area contributed by atoms with Crippen LogP contribution in [-0.2, 0) is 9.59 Å². The summed E-state index contributed by atoms with van der Waals surface area (Å²) in [6.45, 7) is 5.72. The number of rotatable bonds is 6. The number of aromatic hydroxyl groups is 1. The number of nitrogens with zero attached hydrogens (tertiary/aromatic N) is 2. The van der Waals surface area contributed by atoms with Crippen LogP contribution in [0.2, 0.25) is 0 Å². The number of anilines is 2. The van der Waals surface area contributed by atoms with E-state index in [1.807, 2.05) is 19.9 Å². The molecule has 27 heavy (non-hydrogen) atoms. The Morgan fingerprint density at radius 2 is 1.78 bits per heavy atom. The maximum absolute atomic E-state index is 11.8. The highest BCUT2D eigenvalue weighted by molar-refractivity contribution is 9.10. The SMILES string of the molecule is CCN(CC)c1ccc(C=NNC(=O)C(=O)Nc2ccc(Br)cc2)c(O)c1. The van der Waals surface area contributed by atoms with Crippen LogP contribution < -0.4 is 15.6 Å². The molecular formula is C19H21BrN4O3. The third kappa shape index (κ3) is 5.82. The van der Waals surface area contributed by atoms with Crippen LogP contribution in [0.5, 0.6) is 5.75 Å². The van der Waals surface area contributed by atoms with E-state index < -0.39 is 11.8 Å². The summed E-state index contributed by atoms with van der Waals surface area (Å²) in [5, 5.41) is 16.3. The molecular weight excluding hydrogens is 412 g/mol. The second-order valence-corrected chi connectivity index (χ2v) is 6.49. The van der Waals surface area contributed by atoms with Crippen molar-refractivity contribution < 1.29 is 14.7 Å². The summed E-state index contributed by atoms with van der Waals surface area (Å²) < 4.78 is 0.862. The number of hydrogen-bond donors (Lipinski definition) is 3. The lowest BCUT2D eigenvalue weighted by Gasteiger charge is -2.21. The van der Waals surface area contributed by atoms with Crippen molar-refractivity contribution >= 4 is 45.3 Å². The van der Waals surface area contributed by atoms with Gasteiger partial charge in [0.05, 0.1) is 6.21 Å². The summed E-state index contributed by atoms with van der Waals surface area (Å²) in [6, 6.07) is 12.0. The summed E-state index contributed by atoms with van der Waals surface area (Å²) >= 11 is 3.29. The third-order valence-corrected chi connectivity index (χ3v) is 4.35. The van der Waals surface area contributed by atoms with Gasteiger partial charge in [-0.3, -0.25) is 9.59 Å². The van der Waals surface area contributed by atoms with Crippen molar-refractivity contribution in [2.45, 2.75) is 13.8 Å². The van der Waals surface area contributed by atoms with E-state index in [9.17, 15) is 14.7 Å². The molecule has 0 aliphatic heterocycles. The molecule has 0 atom stereocenters. The topological polar surface area (TPSA) is 94.0 Å². The number of carbonyl (C=O) groups excluding carboxylic acids is 2. The minimum atomic E-state index is -0.909. The standard InChI is InChI=1S/C19H21BrN4O3/c1-3-24(4-2)16-10-5-13(17(25)11-16)12-21-23-19(27)18(26)22-15-8-6-14(20)7-9-15/h5-12,25H,3-4H2,1-2H3,(H,22,26)(H,23,27). The van der Waals surface area contributed by atoms with E-state index in [1.54, 1.807) is 36.4 Å². The molecule has 0 heterocycles. The first-order valence-corrected chi connectivity index (χ1v) is 9.21. The van der Waals surface area contributed by atoms with Crippen molar-refractivity contribution in [3.63, 3.8) is 0 Å². The zero-order valence-electron chi connectivity index (χ0n) is 15.1. The van der Waals surface area contributed by atoms with Gasteiger partial charge in [0.15, 0.2) is 0 Å². The zero-order valence-corrected chi connectivity index (χ0v) is 16.7. The lowest BCUT2D eigenvalue weighted by Crippen LogP contribution is -2.32. The van der Waals surface area contributed by atoms with Crippen LogP contribution in [0.4, 0.5) is 11.4 Å². The number of hydrogen-bond acceptors (Lipinski definition) is 5. The van der Waals surface area contributed by atoms with Gasteiger partial charge in [0, 0.05) is 40.6 Å². The Morgan fingerprint density at radius 1 is 1.11 bits per heavy atom. The molecule has 3 N–H and O–H groups in total. The van der Waals surface area contributed by atoms with Crippen molar-refractivity contribution in [2.75, 3.05) is 23.3 Å². The number of nitrogens with one attached hydrogen (secondary N) is 2. The second-order valence-electron chi connectivity index (χ2n) is 5.58. The first kappa shape index (κ1) is 20.4. The number of amides is 2. The molecule has 0 saturated heterocycles. The van der Waals surface area contributed by atoms with Gasteiger partial charge in [-0.25, -0.2) is 5.43 Å². The number of phenols is 1. The molecule has 0 fully saturated rings. The van der Waals surface area contributed by atoms with Gasteiger partial charge >= 0.3 is 11.8 Å². The summed E-state index contributed by atoms with van der Waals surface area (Å²) in [5.74, 6) is -1.71. The van der Waals surface area contributed by atoms with E-state index >= 15 is 0 Å². The molecule has 8 heteroatoms. The number of carbonyl (C=O) groups is 2. The minimum absolute atomic E-state index is 0.0386. The first-order chi connectivity index (χ1) is 12.9. The largest absolute Gasteiger partial charge is 0.507 e. The molecule has 0 aromatic heterocycles. The quantitative estimate of drug-likeness (QED) is 0.371. The Kier molecular flexibility index (Phi) is 7.36. The van der Waals surface area contributed by atoms with Crippen LogP contribution in [0.25, 0.3) is 0 Å². The fourth-order valence-electron chi connectivity index (χ4n) is 2.36. The number of halogens is 1. The van der Waals surface area contributed by atoms with Crippen LogP contribution in [-0.4, -0.2) is 36.2 Å². The van der Waals surface area contributed by atoms with Gasteiger partial charge in [0.1, 0.15) is 5.75 Å². The highest BCUT2D eigenvalue weighted by atomic mass is 79.9. The van der Waals surface area contributed by atoms with Crippen LogP contribution in [0.15, 0.2) is 52.0 Å². The molecule has 0 aliphatic rings. The first-order valence-electron chi connectivity index (χ1n) is 8.42. The van der Waals surface area contributed by atoms with E-state index in [-0.39, 0.29) is 5.75 Å². The van der Waals surface area contributed by atoms with E-state index in [2.05, 4.69) is 36.7 Å². The van der Waals surface area contributed by atoms with Gasteiger partial charge in [0.25, 0.3) is 0 Å². The fourth-order valence-corrected chi connectivity index (χ4v) is 2.62. The normalized spacial score (nSPS) is 10.6. The third-order valence-electron chi connectivity index (χ3n) is 3.82. The van der Waals surface area contributed by atoms with Crippen molar-refractivity contribution in [3.05, 3.63) is 52.5 Å². The molecule has 0 spiro atoms. The summed E-state index contributed by atoms with van der Waals surface area (Å²) in [5.41, 5.74) is 3.96. The Bertz CT molecular complexity index is 833. The molecule has 2 aromatic rings. The fraction of sp³-hybridized carbons (Fsp3) is 0.211. The predicted molar refractivity (Wildman–Crippen MR) is 110 cm³/mol. The van der Waals surface area contributed by atoms with Gasteiger partial charge in [-0.15, -0.1) is 0 Å². The number of benzene rings is 2. The van der Waals surface area contributed by atoms with E-state index in [0.29, 0.717) is 11.3 Å². The van der Waals surface area contributed by atoms with Gasteiger partial charge in [-0.1, -0.05) is 15.9 Å². The minimum Gasteiger partial charge on any atom is -0.507 e. The lowest BCUT2D eigenvalue weighted by molar-refractivity contribution is -0.136. The second kappa shape index (κ2) is 9.72. The Labute approximate surface area is 166 Å². The van der Waals surface area contributed by atoms with Crippen molar-refractivity contribution in [1.82, 2.24) is 5.43 Å². The maximum atomic E-state index is 11.8. The average molecular weight is 433 g/mol. The molecule has 2 amide bonds. The van der Waals surface area contributed by atoms with Crippen LogP contribution in [0, 0.1) is 0 Å². The number of phenolic OH excluding ortho intramolecular Hbond substituents is 1. The smallest absolute Gasteiger partial charge is 0.329 e. The monoisotopic (exact) mass is 432 g/mol. The van der Waals surface area contributed by atoms with Crippen LogP contribution in [0.1, 0.15) is 19.4 Å². The molecule has 142 valence electrons. The van der Waals surface area contributed by atoms with Crippen molar-refractivity contribution in [2.24, 2.45) is 5.10 Å². The lowest BCUT2D eigenvalue weighted by atomic mass is 10.2. The van der Waals surface area contributed by atoms with Crippen molar-refractivity contribution in [3.8, 4) is 5.75 Å². The molecule has 0 aliphatic carbocycles. The predicted octanol–water partition coefficient (Wildman–Crippen LogP) is 3.09. The summed E-state index contributed by atoms with van der Waals surface area (Å²) in [7, 11) is 0. The van der Waals surface area contributed by atoms with Crippen molar-refractivity contribution in [1.29, 1.82) is 0 Å². The van der Waals surface area contributed by atoms with E-state index in [4.69, 9.17) is 0 Å². The summed E-state index contributed by atoms with van der Waals surface area (Å²) in [6.07, 6.45) is 1.28. The Balaban J connectivity index is 1.94. The van der Waals surface area contributed by atoms with Crippen LogP contribution in [0.3, 0.4) is 0 Å². The Hall–Kier alpha value is -2.87. The van der Waals surface area contributed by atoms with Gasteiger partial charge < -0.3 is 15.3 Å². The highest BCUT2D eigenvalue weighted by Gasteiger charge is 2.13. The molecule has 0 bridgehead atoms. The van der Waals surface area contributed by atoms with Gasteiger partial charge in [-0.2, -0.15) is 5.10 Å². The van der Waals surface area contributed by atoms with Gasteiger partial charge in [0.2, 0.25) is 0 Å². The molecule has 0 radical (unpaired) electrons. The molecule has 2 aromatic carbocycles. The zero-order chi connectivity index (χ0) is 19.8. The molecule has 0 unspecified atom stereocenters. The average Bonchev–Trinajstić information content (AvgIpc) is 2.66. The van der Waals surface area contributed by atoms with Gasteiger partial charge in [-0.05, 0) is 50.2 Å². The Morgan fingerprint density at radius 3 is 2.37 bits per heavy atom. The maximum Gasteiger partial charge on any atom is 0.329 e.